The fourth-order valence-corrected chi connectivity index (χ4v) is 1.33. The Bertz CT molecular complexity index is 354. The van der Waals surface area contributed by atoms with E-state index >= 15 is 0 Å². The van der Waals surface area contributed by atoms with Crippen molar-refractivity contribution in [2.45, 2.75) is 12.3 Å². The Kier molecular flexibility index (Phi) is 1.99. The zero-order valence-electron chi connectivity index (χ0n) is 6.94. The molecule has 0 aliphatic carbocycles. The second-order valence-electron chi connectivity index (χ2n) is 3.02. The maximum atomic E-state index is 13.1. The molecule has 0 N–H and O–H groups in total. The number of halogens is 4. The predicted molar refractivity (Wildman–Crippen MR) is 40.1 cm³/mol. The zero-order chi connectivity index (χ0) is 10.3. The molecule has 1 fully saturated rings. The quantitative estimate of drug-likeness (QED) is 0.508. The summed E-state index contributed by atoms with van der Waals surface area (Å²) in [5.41, 5.74) is -1.32. The van der Waals surface area contributed by atoms with Crippen molar-refractivity contribution in [2.75, 3.05) is 6.61 Å². The molecule has 1 aliphatic rings. The second kappa shape index (κ2) is 2.95. The average Bonchev–Trinajstić information content (AvgIpc) is 2.85. The van der Waals surface area contributed by atoms with Gasteiger partial charge in [0.25, 0.3) is 0 Å². The molecule has 1 heterocycles. The van der Waals surface area contributed by atoms with Crippen molar-refractivity contribution in [1.82, 2.24) is 0 Å². The summed E-state index contributed by atoms with van der Waals surface area (Å²) in [6.07, 6.45) is -5.25. The Hall–Kier alpha value is -1.10. The standard InChI is InChI=1S/C9H6F4O/c10-6-3-1-2-5(9(11,12)13)8(6)7-4-14-7/h1-3,7H,4H2. The molecule has 1 aliphatic heterocycles. The van der Waals surface area contributed by atoms with Gasteiger partial charge in [0.2, 0.25) is 0 Å². The van der Waals surface area contributed by atoms with Crippen LogP contribution in [-0.4, -0.2) is 6.61 Å². The first-order valence-electron chi connectivity index (χ1n) is 3.97. The van der Waals surface area contributed by atoms with E-state index < -0.39 is 23.7 Å². The van der Waals surface area contributed by atoms with Crippen LogP contribution in [0.2, 0.25) is 0 Å². The van der Waals surface area contributed by atoms with Crippen LogP contribution >= 0.6 is 0 Å². The molecule has 0 saturated carbocycles. The number of alkyl halides is 3. The molecule has 1 nitrogen and oxygen atoms in total. The Morgan fingerprint density at radius 3 is 2.43 bits per heavy atom. The third kappa shape index (κ3) is 1.59. The van der Waals surface area contributed by atoms with Crippen LogP contribution in [0, 0.1) is 5.82 Å². The highest BCUT2D eigenvalue weighted by molar-refractivity contribution is 5.34. The molecule has 1 unspecified atom stereocenters. The lowest BCUT2D eigenvalue weighted by Crippen LogP contribution is -2.10. The van der Waals surface area contributed by atoms with Gasteiger partial charge in [0.05, 0.1) is 12.2 Å². The van der Waals surface area contributed by atoms with Gasteiger partial charge < -0.3 is 4.74 Å². The van der Waals surface area contributed by atoms with Crippen LogP contribution in [0.3, 0.4) is 0 Å². The topological polar surface area (TPSA) is 12.5 Å². The van der Waals surface area contributed by atoms with Crippen molar-refractivity contribution < 1.29 is 22.3 Å². The van der Waals surface area contributed by atoms with Crippen molar-refractivity contribution in [3.8, 4) is 0 Å². The SMILES string of the molecule is Fc1cccc(C(F)(F)F)c1C1CO1. The van der Waals surface area contributed by atoms with Crippen LogP contribution in [0.25, 0.3) is 0 Å². The molecular weight excluding hydrogens is 200 g/mol. The first kappa shape index (κ1) is 9.45. The minimum atomic E-state index is -4.52. The van der Waals surface area contributed by atoms with Crippen molar-refractivity contribution in [3.05, 3.63) is 35.1 Å². The van der Waals surface area contributed by atoms with E-state index in [0.29, 0.717) is 0 Å². The summed E-state index contributed by atoms with van der Waals surface area (Å²) in [6.45, 7) is 0.157. The van der Waals surface area contributed by atoms with E-state index in [4.69, 9.17) is 0 Å². The molecule has 0 bridgehead atoms. The van der Waals surface area contributed by atoms with E-state index in [0.717, 1.165) is 18.2 Å². The summed E-state index contributed by atoms with van der Waals surface area (Å²) < 4.78 is 54.9. The second-order valence-corrected chi connectivity index (χ2v) is 3.02. The Morgan fingerprint density at radius 2 is 1.93 bits per heavy atom. The van der Waals surface area contributed by atoms with E-state index in [9.17, 15) is 17.6 Å². The summed E-state index contributed by atoms with van der Waals surface area (Å²) in [4.78, 5) is 0. The van der Waals surface area contributed by atoms with E-state index in [1.54, 1.807) is 0 Å². The molecule has 0 spiro atoms. The largest absolute Gasteiger partial charge is 0.416 e. The first-order valence-corrected chi connectivity index (χ1v) is 3.97. The van der Waals surface area contributed by atoms with Gasteiger partial charge in [0.1, 0.15) is 11.9 Å². The number of hydrogen-bond acceptors (Lipinski definition) is 1. The monoisotopic (exact) mass is 206 g/mol. The minimum Gasteiger partial charge on any atom is -0.368 e. The number of rotatable bonds is 1. The normalized spacial score (nSPS) is 21.0. The molecule has 1 aromatic rings. The Labute approximate surface area is 77.3 Å². The summed E-state index contributed by atoms with van der Waals surface area (Å²) in [7, 11) is 0. The van der Waals surface area contributed by atoms with Gasteiger partial charge in [0, 0.05) is 5.56 Å². The summed E-state index contributed by atoms with van der Waals surface area (Å²) in [5, 5.41) is 0. The van der Waals surface area contributed by atoms with Crippen LogP contribution in [-0.2, 0) is 10.9 Å². The number of benzene rings is 1. The van der Waals surface area contributed by atoms with Crippen LogP contribution in [0.1, 0.15) is 17.2 Å². The van der Waals surface area contributed by atoms with Crippen LogP contribution in [0.4, 0.5) is 17.6 Å². The van der Waals surface area contributed by atoms with E-state index in [1.807, 2.05) is 0 Å². The van der Waals surface area contributed by atoms with Gasteiger partial charge in [-0.15, -0.1) is 0 Å². The van der Waals surface area contributed by atoms with Gasteiger partial charge in [-0.2, -0.15) is 13.2 Å². The van der Waals surface area contributed by atoms with E-state index in [-0.39, 0.29) is 12.2 Å². The van der Waals surface area contributed by atoms with Crippen molar-refractivity contribution in [3.63, 3.8) is 0 Å². The molecule has 14 heavy (non-hydrogen) atoms. The van der Waals surface area contributed by atoms with Gasteiger partial charge >= 0.3 is 6.18 Å². The zero-order valence-corrected chi connectivity index (χ0v) is 6.94. The highest BCUT2D eigenvalue weighted by atomic mass is 19.4. The van der Waals surface area contributed by atoms with Crippen LogP contribution in [0.5, 0.6) is 0 Å². The van der Waals surface area contributed by atoms with E-state index in [2.05, 4.69) is 4.74 Å². The molecule has 1 atom stereocenters. The molecule has 76 valence electrons. The van der Waals surface area contributed by atoms with Gasteiger partial charge in [-0.05, 0) is 12.1 Å². The van der Waals surface area contributed by atoms with Crippen LogP contribution < -0.4 is 0 Å². The molecular formula is C9H6F4O. The average molecular weight is 206 g/mol. The third-order valence-corrected chi connectivity index (χ3v) is 2.01. The predicted octanol–water partition coefficient (Wildman–Crippen LogP) is 2.92. The Morgan fingerprint density at radius 1 is 1.29 bits per heavy atom. The molecule has 5 heteroatoms. The fraction of sp³-hybridized carbons (Fsp3) is 0.333. The lowest BCUT2D eigenvalue weighted by molar-refractivity contribution is -0.138. The molecule has 0 amide bonds. The van der Waals surface area contributed by atoms with Crippen molar-refractivity contribution in [1.29, 1.82) is 0 Å². The minimum absolute atomic E-state index is 0.157. The van der Waals surface area contributed by atoms with Crippen molar-refractivity contribution in [2.24, 2.45) is 0 Å². The Balaban J connectivity index is 2.53. The lowest BCUT2D eigenvalue weighted by Gasteiger charge is -2.11. The van der Waals surface area contributed by atoms with Gasteiger partial charge in [-0.25, -0.2) is 4.39 Å². The van der Waals surface area contributed by atoms with E-state index in [1.165, 1.54) is 0 Å². The van der Waals surface area contributed by atoms with Gasteiger partial charge in [-0.3, -0.25) is 0 Å². The highest BCUT2D eigenvalue weighted by Gasteiger charge is 2.40. The first-order chi connectivity index (χ1) is 6.50. The third-order valence-electron chi connectivity index (χ3n) is 2.01. The number of ether oxygens (including phenoxy) is 1. The molecule has 1 saturated heterocycles. The van der Waals surface area contributed by atoms with Crippen molar-refractivity contribution >= 4 is 0 Å². The van der Waals surface area contributed by atoms with Crippen LogP contribution in [0.15, 0.2) is 18.2 Å². The lowest BCUT2D eigenvalue weighted by atomic mass is 10.0. The molecule has 0 radical (unpaired) electrons. The summed E-state index contributed by atoms with van der Waals surface area (Å²) >= 11 is 0. The fourth-order valence-electron chi connectivity index (χ4n) is 1.33. The van der Waals surface area contributed by atoms with Gasteiger partial charge in [-0.1, -0.05) is 6.07 Å². The number of hydrogen-bond donors (Lipinski definition) is 0. The summed E-state index contributed by atoms with van der Waals surface area (Å²) in [6, 6.07) is 2.91. The molecule has 2 rings (SSSR count). The molecule has 1 aromatic carbocycles. The maximum absolute atomic E-state index is 13.1. The maximum Gasteiger partial charge on any atom is 0.416 e. The molecule has 0 aromatic heterocycles. The summed E-state index contributed by atoms with van der Waals surface area (Å²) in [5.74, 6) is -0.859. The number of epoxide rings is 1. The highest BCUT2D eigenvalue weighted by Crippen LogP contribution is 2.41. The smallest absolute Gasteiger partial charge is 0.368 e. The van der Waals surface area contributed by atoms with Gasteiger partial charge in [0.15, 0.2) is 0 Å².